The molecule has 2 rings (SSSR count). The Hall–Kier alpha value is -2.35. The normalized spacial score (nSPS) is 12.0. The molecule has 0 radical (unpaired) electrons. The number of hydrogen-bond donors (Lipinski definition) is 3. The predicted octanol–water partition coefficient (Wildman–Crippen LogP) is 2.83. The van der Waals surface area contributed by atoms with Crippen LogP contribution in [0.4, 0.5) is 8.78 Å². The maximum Gasteiger partial charge on any atom is 0.255 e. The highest BCUT2D eigenvalue weighted by Crippen LogP contribution is 2.17. The summed E-state index contributed by atoms with van der Waals surface area (Å²) in [6.45, 7) is 3.31. The Balaban J connectivity index is 2.01. The van der Waals surface area contributed by atoms with Gasteiger partial charge < -0.3 is 10.3 Å². The van der Waals surface area contributed by atoms with Gasteiger partial charge in [0.1, 0.15) is 11.6 Å². The first-order valence-electron chi connectivity index (χ1n) is 7.34. The van der Waals surface area contributed by atoms with Gasteiger partial charge in [-0.3, -0.25) is 14.6 Å². The van der Waals surface area contributed by atoms with Crippen molar-refractivity contribution in [3.63, 3.8) is 0 Å². The van der Waals surface area contributed by atoms with Crippen molar-refractivity contribution in [3.05, 3.63) is 61.8 Å². The van der Waals surface area contributed by atoms with Gasteiger partial charge in [0, 0.05) is 29.3 Å². The summed E-state index contributed by atoms with van der Waals surface area (Å²) in [4.78, 5) is 29.1. The molecule has 1 atom stereocenters. The molecule has 0 fully saturated rings. The third-order valence-electron chi connectivity index (χ3n) is 3.66. The van der Waals surface area contributed by atoms with Crippen LogP contribution in [-0.4, -0.2) is 15.9 Å². The molecule has 1 amide bonds. The Morgan fingerprint density at radius 3 is 2.67 bits per heavy atom. The molecule has 0 bridgehead atoms. The number of carbonyl (C=O) groups is 1. The van der Waals surface area contributed by atoms with Crippen LogP contribution in [0.1, 0.15) is 36.2 Å². The third kappa shape index (κ3) is 4.35. The zero-order chi connectivity index (χ0) is 17.9. The number of hydrogen-bond acceptors (Lipinski definition) is 3. The number of aromatic nitrogens is 2. The highest BCUT2D eigenvalue weighted by molar-refractivity contribution is 7.71. The van der Waals surface area contributed by atoms with Crippen LogP contribution in [0.25, 0.3) is 0 Å². The molecule has 8 heteroatoms. The second-order valence-corrected chi connectivity index (χ2v) is 5.88. The minimum Gasteiger partial charge on any atom is -0.349 e. The molecular formula is C16H17F2N3O2S. The topological polar surface area (TPSA) is 77.8 Å². The van der Waals surface area contributed by atoms with E-state index in [4.69, 9.17) is 12.2 Å². The molecule has 24 heavy (non-hydrogen) atoms. The molecule has 1 aromatic heterocycles. The van der Waals surface area contributed by atoms with Crippen molar-refractivity contribution in [1.29, 1.82) is 0 Å². The molecule has 128 valence electrons. The number of benzene rings is 1. The van der Waals surface area contributed by atoms with E-state index in [1.54, 1.807) is 13.8 Å². The minimum atomic E-state index is -0.717. The average molecular weight is 353 g/mol. The van der Waals surface area contributed by atoms with E-state index in [-0.39, 0.29) is 34.6 Å². The number of aryl methyl sites for hydroxylation is 1. The van der Waals surface area contributed by atoms with Gasteiger partial charge in [0.25, 0.3) is 5.56 Å². The highest BCUT2D eigenvalue weighted by Gasteiger charge is 2.15. The van der Waals surface area contributed by atoms with Gasteiger partial charge in [0.15, 0.2) is 4.77 Å². The lowest BCUT2D eigenvalue weighted by molar-refractivity contribution is -0.121. The van der Waals surface area contributed by atoms with E-state index < -0.39 is 17.7 Å². The smallest absolute Gasteiger partial charge is 0.255 e. The lowest BCUT2D eigenvalue weighted by Gasteiger charge is -2.15. The monoisotopic (exact) mass is 353 g/mol. The lowest BCUT2D eigenvalue weighted by atomic mass is 10.1. The van der Waals surface area contributed by atoms with Crippen LogP contribution in [0, 0.1) is 23.3 Å². The van der Waals surface area contributed by atoms with Gasteiger partial charge in [0.2, 0.25) is 5.91 Å². The maximum absolute atomic E-state index is 13.7. The van der Waals surface area contributed by atoms with E-state index in [9.17, 15) is 18.4 Å². The maximum atomic E-state index is 13.7. The molecule has 5 nitrogen and oxygen atoms in total. The number of nitrogens with one attached hydrogen (secondary N) is 3. The molecule has 1 heterocycles. The van der Waals surface area contributed by atoms with Crippen molar-refractivity contribution in [2.45, 2.75) is 32.7 Å². The standard InChI is InChI=1S/C16H17F2N3O2S/c1-8(11-4-3-10(17)7-13(11)18)19-14(22)6-5-12-9(2)20-16(24)21-15(12)23/h3-4,7-8H,5-6H2,1-2H3,(H,19,22)(H2,20,21,23,24)/t8-/m1/s1. The average Bonchev–Trinajstić information content (AvgIpc) is 2.45. The van der Waals surface area contributed by atoms with Crippen LogP contribution in [0.3, 0.4) is 0 Å². The summed E-state index contributed by atoms with van der Waals surface area (Å²) >= 11 is 4.86. The Labute approximate surface area is 142 Å². The van der Waals surface area contributed by atoms with E-state index in [2.05, 4.69) is 15.3 Å². The van der Waals surface area contributed by atoms with E-state index in [0.717, 1.165) is 12.1 Å². The van der Waals surface area contributed by atoms with Gasteiger partial charge in [-0.25, -0.2) is 8.78 Å². The van der Waals surface area contributed by atoms with Gasteiger partial charge in [0.05, 0.1) is 6.04 Å². The van der Waals surface area contributed by atoms with Gasteiger partial charge in [-0.15, -0.1) is 0 Å². The molecule has 0 aliphatic carbocycles. The Morgan fingerprint density at radius 1 is 1.33 bits per heavy atom. The van der Waals surface area contributed by atoms with Crippen LogP contribution in [0.5, 0.6) is 0 Å². The van der Waals surface area contributed by atoms with Crippen LogP contribution >= 0.6 is 12.2 Å². The molecule has 2 aromatic rings. The van der Waals surface area contributed by atoms with Crippen molar-refractivity contribution in [3.8, 4) is 0 Å². The summed E-state index contributed by atoms with van der Waals surface area (Å²) in [7, 11) is 0. The van der Waals surface area contributed by atoms with Crippen molar-refractivity contribution in [2.75, 3.05) is 0 Å². The third-order valence-corrected chi connectivity index (χ3v) is 3.87. The first-order chi connectivity index (χ1) is 11.3. The van der Waals surface area contributed by atoms with Crippen molar-refractivity contribution in [2.24, 2.45) is 0 Å². The van der Waals surface area contributed by atoms with E-state index in [1.807, 2.05) is 0 Å². The molecule has 0 aliphatic heterocycles. The summed E-state index contributed by atoms with van der Waals surface area (Å²) in [6.07, 6.45) is 0.277. The number of amides is 1. The number of halogens is 2. The fourth-order valence-corrected chi connectivity index (χ4v) is 2.66. The van der Waals surface area contributed by atoms with E-state index >= 15 is 0 Å². The van der Waals surface area contributed by atoms with Gasteiger partial charge >= 0.3 is 0 Å². The van der Waals surface area contributed by atoms with Gasteiger partial charge in [-0.2, -0.15) is 0 Å². The largest absolute Gasteiger partial charge is 0.349 e. The fourth-order valence-electron chi connectivity index (χ4n) is 2.41. The van der Waals surface area contributed by atoms with Gasteiger partial charge in [-0.05, 0) is 38.6 Å². The molecule has 3 N–H and O–H groups in total. The molecule has 0 saturated carbocycles. The lowest BCUT2D eigenvalue weighted by Crippen LogP contribution is -2.28. The Kier molecular flexibility index (Phi) is 5.61. The quantitative estimate of drug-likeness (QED) is 0.724. The summed E-state index contributed by atoms with van der Waals surface area (Å²) in [5.41, 5.74) is 0.915. The second kappa shape index (κ2) is 7.48. The number of rotatable bonds is 5. The summed E-state index contributed by atoms with van der Waals surface area (Å²) in [5, 5.41) is 2.63. The van der Waals surface area contributed by atoms with Crippen LogP contribution < -0.4 is 10.9 Å². The highest BCUT2D eigenvalue weighted by atomic mass is 32.1. The molecule has 1 aromatic carbocycles. The molecular weight excluding hydrogens is 336 g/mol. The Bertz CT molecular complexity index is 876. The summed E-state index contributed by atoms with van der Waals surface area (Å²) in [5.74, 6) is -1.73. The zero-order valence-corrected chi connectivity index (χ0v) is 14.0. The molecule has 0 aliphatic rings. The van der Waals surface area contributed by atoms with E-state index in [1.165, 1.54) is 6.07 Å². The zero-order valence-electron chi connectivity index (χ0n) is 13.2. The minimum absolute atomic E-state index is 0.0572. The van der Waals surface area contributed by atoms with Gasteiger partial charge in [-0.1, -0.05) is 6.07 Å². The predicted molar refractivity (Wildman–Crippen MR) is 88.2 cm³/mol. The van der Waals surface area contributed by atoms with Crippen molar-refractivity contribution in [1.82, 2.24) is 15.3 Å². The fraction of sp³-hybridized carbons (Fsp3) is 0.312. The summed E-state index contributed by atoms with van der Waals surface area (Å²) in [6, 6.07) is 2.59. The Morgan fingerprint density at radius 2 is 2.04 bits per heavy atom. The van der Waals surface area contributed by atoms with Crippen LogP contribution in [-0.2, 0) is 11.2 Å². The summed E-state index contributed by atoms with van der Waals surface area (Å²) < 4.78 is 26.8. The second-order valence-electron chi connectivity index (χ2n) is 5.47. The van der Waals surface area contributed by atoms with Crippen LogP contribution in [0.2, 0.25) is 0 Å². The van der Waals surface area contributed by atoms with E-state index in [0.29, 0.717) is 11.3 Å². The van der Waals surface area contributed by atoms with Crippen molar-refractivity contribution < 1.29 is 13.6 Å². The number of aromatic amines is 2. The first-order valence-corrected chi connectivity index (χ1v) is 7.75. The molecule has 0 spiro atoms. The number of carbonyl (C=O) groups excluding carboxylic acids is 1. The van der Waals surface area contributed by atoms with Crippen LogP contribution in [0.15, 0.2) is 23.0 Å². The van der Waals surface area contributed by atoms with Crippen molar-refractivity contribution >= 4 is 18.1 Å². The first kappa shape index (κ1) is 18.0. The SMILES string of the molecule is Cc1[nH]c(=S)[nH]c(=O)c1CCC(=O)N[C@H](C)c1ccc(F)cc1F. The number of H-pyrrole nitrogens is 2. The molecule has 0 unspecified atom stereocenters. The molecule has 0 saturated heterocycles.